The number of nitro groups is 1. The van der Waals surface area contributed by atoms with Gasteiger partial charge in [0.2, 0.25) is 0 Å². The molecule has 0 aromatic heterocycles. The molecule has 2 rings (SSSR count). The van der Waals surface area contributed by atoms with E-state index in [0.29, 0.717) is 4.47 Å². The van der Waals surface area contributed by atoms with Gasteiger partial charge in [-0.05, 0) is 51.3 Å². The standard InChI is InChI=1S/C12H7Br2NO2/c13-10-4-1-8(2-5-10)9-3-6-12(15(16)17)11(14)7-9/h1-7H. The first-order valence-electron chi connectivity index (χ1n) is 4.78. The molecule has 0 aliphatic carbocycles. The van der Waals surface area contributed by atoms with Crippen LogP contribution in [0.15, 0.2) is 51.4 Å². The normalized spacial score (nSPS) is 10.2. The molecule has 0 N–H and O–H groups in total. The molecule has 0 fully saturated rings. The number of nitrogens with zero attached hydrogens (tertiary/aromatic N) is 1. The van der Waals surface area contributed by atoms with Gasteiger partial charge in [-0.2, -0.15) is 0 Å². The average Bonchev–Trinajstić information content (AvgIpc) is 2.29. The van der Waals surface area contributed by atoms with Gasteiger partial charge in [0.25, 0.3) is 5.69 Å². The number of benzene rings is 2. The maximum absolute atomic E-state index is 10.7. The van der Waals surface area contributed by atoms with E-state index < -0.39 is 4.92 Å². The molecule has 0 unspecified atom stereocenters. The SMILES string of the molecule is O=[N+]([O-])c1ccc(-c2ccc(Br)cc2)cc1Br. The summed E-state index contributed by atoms with van der Waals surface area (Å²) >= 11 is 6.57. The van der Waals surface area contributed by atoms with Crippen LogP contribution in [0.5, 0.6) is 0 Å². The molecule has 0 saturated heterocycles. The minimum Gasteiger partial charge on any atom is -0.258 e. The summed E-state index contributed by atoms with van der Waals surface area (Å²) in [5.41, 5.74) is 2.03. The Kier molecular flexibility index (Phi) is 3.59. The molecule has 2 aromatic rings. The highest BCUT2D eigenvalue weighted by atomic mass is 79.9. The first-order valence-corrected chi connectivity index (χ1v) is 6.36. The Morgan fingerprint density at radius 1 is 0.941 bits per heavy atom. The van der Waals surface area contributed by atoms with Crippen molar-refractivity contribution in [2.45, 2.75) is 0 Å². The Hall–Kier alpha value is -1.20. The van der Waals surface area contributed by atoms with E-state index in [2.05, 4.69) is 31.9 Å². The van der Waals surface area contributed by atoms with Gasteiger partial charge in [-0.3, -0.25) is 10.1 Å². The van der Waals surface area contributed by atoms with Crippen molar-refractivity contribution in [2.75, 3.05) is 0 Å². The lowest BCUT2D eigenvalue weighted by molar-refractivity contribution is -0.385. The molecule has 5 heteroatoms. The van der Waals surface area contributed by atoms with Gasteiger partial charge in [-0.1, -0.05) is 28.1 Å². The number of nitro benzene ring substituents is 1. The van der Waals surface area contributed by atoms with Crippen molar-refractivity contribution in [1.29, 1.82) is 0 Å². The van der Waals surface area contributed by atoms with Crippen molar-refractivity contribution in [3.05, 3.63) is 61.5 Å². The summed E-state index contributed by atoms with van der Waals surface area (Å²) in [7, 11) is 0. The van der Waals surface area contributed by atoms with Crippen LogP contribution in [0.25, 0.3) is 11.1 Å². The summed E-state index contributed by atoms with van der Waals surface area (Å²) in [5.74, 6) is 0. The highest BCUT2D eigenvalue weighted by Gasteiger charge is 2.12. The summed E-state index contributed by atoms with van der Waals surface area (Å²) in [6, 6.07) is 12.8. The second-order valence-electron chi connectivity index (χ2n) is 3.43. The molecule has 0 aliphatic rings. The average molecular weight is 357 g/mol. The van der Waals surface area contributed by atoms with Crippen LogP contribution in [0.3, 0.4) is 0 Å². The van der Waals surface area contributed by atoms with E-state index in [1.807, 2.05) is 24.3 Å². The largest absolute Gasteiger partial charge is 0.283 e. The summed E-state index contributed by atoms with van der Waals surface area (Å²) in [4.78, 5) is 10.3. The maximum atomic E-state index is 10.7. The van der Waals surface area contributed by atoms with Gasteiger partial charge in [-0.25, -0.2) is 0 Å². The summed E-state index contributed by atoms with van der Waals surface area (Å²) in [6.07, 6.45) is 0. The van der Waals surface area contributed by atoms with Crippen LogP contribution in [-0.2, 0) is 0 Å². The van der Waals surface area contributed by atoms with Crippen LogP contribution >= 0.6 is 31.9 Å². The first kappa shape index (κ1) is 12.3. The van der Waals surface area contributed by atoms with Gasteiger partial charge in [-0.15, -0.1) is 0 Å². The van der Waals surface area contributed by atoms with Crippen LogP contribution in [0.2, 0.25) is 0 Å². The smallest absolute Gasteiger partial charge is 0.258 e. The first-order chi connectivity index (χ1) is 8.08. The molecular weight excluding hydrogens is 350 g/mol. The van der Waals surface area contributed by atoms with Crippen LogP contribution in [0.1, 0.15) is 0 Å². The molecule has 86 valence electrons. The number of hydrogen-bond donors (Lipinski definition) is 0. The van der Waals surface area contributed by atoms with Crippen molar-refractivity contribution in [3.63, 3.8) is 0 Å². The van der Waals surface area contributed by atoms with Crippen molar-refractivity contribution >= 4 is 37.5 Å². The highest BCUT2D eigenvalue weighted by Crippen LogP contribution is 2.30. The highest BCUT2D eigenvalue weighted by molar-refractivity contribution is 9.10. The second kappa shape index (κ2) is 4.98. The molecule has 0 bridgehead atoms. The molecule has 0 amide bonds. The zero-order valence-corrected chi connectivity index (χ0v) is 11.7. The van der Waals surface area contributed by atoms with E-state index in [4.69, 9.17) is 0 Å². The summed E-state index contributed by atoms with van der Waals surface area (Å²) in [6.45, 7) is 0. The Balaban J connectivity index is 2.44. The van der Waals surface area contributed by atoms with E-state index >= 15 is 0 Å². The lowest BCUT2D eigenvalue weighted by Crippen LogP contribution is -1.89. The number of hydrogen-bond acceptors (Lipinski definition) is 2. The van der Waals surface area contributed by atoms with Crippen molar-refractivity contribution in [3.8, 4) is 11.1 Å². The predicted molar refractivity (Wildman–Crippen MR) is 73.9 cm³/mol. The Morgan fingerprint density at radius 2 is 1.53 bits per heavy atom. The lowest BCUT2D eigenvalue weighted by Gasteiger charge is -2.03. The van der Waals surface area contributed by atoms with E-state index in [1.54, 1.807) is 12.1 Å². The summed E-state index contributed by atoms with van der Waals surface area (Å²) in [5, 5.41) is 10.7. The molecule has 17 heavy (non-hydrogen) atoms. The Labute approximate surface area is 115 Å². The third kappa shape index (κ3) is 2.73. The minimum absolute atomic E-state index is 0.0749. The van der Waals surface area contributed by atoms with Crippen LogP contribution in [0.4, 0.5) is 5.69 Å². The predicted octanol–water partition coefficient (Wildman–Crippen LogP) is 4.79. The fraction of sp³-hybridized carbons (Fsp3) is 0. The van der Waals surface area contributed by atoms with E-state index in [0.717, 1.165) is 15.6 Å². The zero-order valence-electron chi connectivity index (χ0n) is 8.56. The van der Waals surface area contributed by atoms with Crippen molar-refractivity contribution < 1.29 is 4.92 Å². The monoisotopic (exact) mass is 355 g/mol. The maximum Gasteiger partial charge on any atom is 0.283 e. The molecule has 0 atom stereocenters. The molecule has 0 heterocycles. The zero-order chi connectivity index (χ0) is 12.4. The topological polar surface area (TPSA) is 43.1 Å². The number of halogens is 2. The fourth-order valence-electron chi connectivity index (χ4n) is 1.48. The molecule has 0 spiro atoms. The quantitative estimate of drug-likeness (QED) is 0.573. The van der Waals surface area contributed by atoms with Crippen molar-refractivity contribution in [1.82, 2.24) is 0 Å². The molecule has 0 saturated carbocycles. The molecule has 0 radical (unpaired) electrons. The van der Waals surface area contributed by atoms with E-state index in [1.165, 1.54) is 6.07 Å². The Morgan fingerprint density at radius 3 is 2.06 bits per heavy atom. The second-order valence-corrected chi connectivity index (χ2v) is 5.20. The Bertz CT molecular complexity index is 567. The van der Waals surface area contributed by atoms with E-state index in [9.17, 15) is 10.1 Å². The molecule has 0 aliphatic heterocycles. The van der Waals surface area contributed by atoms with Gasteiger partial charge in [0, 0.05) is 10.5 Å². The third-order valence-electron chi connectivity index (χ3n) is 2.32. The third-order valence-corrected chi connectivity index (χ3v) is 3.49. The van der Waals surface area contributed by atoms with Crippen LogP contribution in [0, 0.1) is 10.1 Å². The minimum atomic E-state index is -0.407. The van der Waals surface area contributed by atoms with Crippen LogP contribution < -0.4 is 0 Å². The van der Waals surface area contributed by atoms with Crippen LogP contribution in [-0.4, -0.2) is 4.92 Å². The fourth-order valence-corrected chi connectivity index (χ4v) is 2.26. The van der Waals surface area contributed by atoms with E-state index in [-0.39, 0.29) is 5.69 Å². The summed E-state index contributed by atoms with van der Waals surface area (Å²) < 4.78 is 1.49. The lowest BCUT2D eigenvalue weighted by atomic mass is 10.1. The van der Waals surface area contributed by atoms with Gasteiger partial charge < -0.3 is 0 Å². The number of rotatable bonds is 2. The van der Waals surface area contributed by atoms with Gasteiger partial charge in [0.05, 0.1) is 9.40 Å². The van der Waals surface area contributed by atoms with Gasteiger partial charge >= 0.3 is 0 Å². The van der Waals surface area contributed by atoms with Gasteiger partial charge in [0.15, 0.2) is 0 Å². The van der Waals surface area contributed by atoms with Gasteiger partial charge in [0.1, 0.15) is 0 Å². The molecule has 2 aromatic carbocycles. The molecule has 3 nitrogen and oxygen atoms in total. The van der Waals surface area contributed by atoms with Crippen molar-refractivity contribution in [2.24, 2.45) is 0 Å². The molecular formula is C12H7Br2NO2.